The molecule has 17 heavy (non-hydrogen) atoms. The van der Waals surface area contributed by atoms with Crippen molar-refractivity contribution in [2.75, 3.05) is 11.6 Å². The summed E-state index contributed by atoms with van der Waals surface area (Å²) >= 11 is 5.65. The van der Waals surface area contributed by atoms with E-state index in [4.69, 9.17) is 11.6 Å². The fourth-order valence-electron chi connectivity index (χ4n) is 0.913. The SMILES string of the molecule is CC(C)(C(=O)Nc1cccc(Cl)n1)S(C)(=O)=O. The first-order valence-electron chi connectivity index (χ1n) is 4.78. The topological polar surface area (TPSA) is 76.1 Å². The van der Waals surface area contributed by atoms with Gasteiger partial charge < -0.3 is 5.32 Å². The Hall–Kier alpha value is -1.14. The normalized spacial score (nSPS) is 12.2. The Morgan fingerprint density at radius 3 is 2.47 bits per heavy atom. The second-order valence-electron chi connectivity index (χ2n) is 4.08. The van der Waals surface area contributed by atoms with Gasteiger partial charge in [0, 0.05) is 6.26 Å². The molecule has 0 fully saturated rings. The highest BCUT2D eigenvalue weighted by molar-refractivity contribution is 7.92. The molecule has 0 aromatic carbocycles. The Morgan fingerprint density at radius 2 is 2.00 bits per heavy atom. The summed E-state index contributed by atoms with van der Waals surface area (Å²) in [6.45, 7) is 2.67. The third kappa shape index (κ3) is 3.17. The lowest BCUT2D eigenvalue weighted by Gasteiger charge is -2.20. The van der Waals surface area contributed by atoms with Gasteiger partial charge in [0.05, 0.1) is 0 Å². The largest absolute Gasteiger partial charge is 0.309 e. The number of anilines is 1. The Kier molecular flexibility index (Phi) is 3.78. The lowest BCUT2D eigenvalue weighted by atomic mass is 10.2. The predicted octanol–water partition coefficient (Wildman–Crippen LogP) is 1.50. The Bertz CT molecular complexity index is 540. The molecule has 94 valence electrons. The van der Waals surface area contributed by atoms with Gasteiger partial charge in [-0.3, -0.25) is 4.79 Å². The van der Waals surface area contributed by atoms with Crippen molar-refractivity contribution in [2.45, 2.75) is 18.6 Å². The van der Waals surface area contributed by atoms with Gasteiger partial charge >= 0.3 is 0 Å². The fraction of sp³-hybridized carbons (Fsp3) is 0.400. The van der Waals surface area contributed by atoms with Crippen LogP contribution in [0.5, 0.6) is 0 Å². The molecular formula is C10H13ClN2O3S. The fourth-order valence-corrected chi connectivity index (χ4v) is 1.46. The minimum Gasteiger partial charge on any atom is -0.309 e. The molecular weight excluding hydrogens is 264 g/mol. The van der Waals surface area contributed by atoms with Crippen LogP contribution in [0, 0.1) is 0 Å². The van der Waals surface area contributed by atoms with Crippen LogP contribution < -0.4 is 5.32 Å². The van der Waals surface area contributed by atoms with Crippen LogP contribution >= 0.6 is 11.6 Å². The van der Waals surface area contributed by atoms with Crippen LogP contribution in [0.15, 0.2) is 18.2 Å². The predicted molar refractivity (Wildman–Crippen MR) is 66.8 cm³/mol. The van der Waals surface area contributed by atoms with E-state index in [-0.39, 0.29) is 11.0 Å². The molecule has 7 heteroatoms. The van der Waals surface area contributed by atoms with Crippen LogP contribution in [0.1, 0.15) is 13.8 Å². The molecule has 0 aliphatic heterocycles. The second-order valence-corrected chi connectivity index (χ2v) is 7.03. The highest BCUT2D eigenvalue weighted by Gasteiger charge is 2.38. The summed E-state index contributed by atoms with van der Waals surface area (Å²) < 4.78 is 21.4. The van der Waals surface area contributed by atoms with E-state index >= 15 is 0 Å². The minimum absolute atomic E-state index is 0.222. The zero-order valence-corrected chi connectivity index (χ0v) is 11.3. The van der Waals surface area contributed by atoms with Gasteiger partial charge in [-0.2, -0.15) is 0 Å². The average Bonchev–Trinajstić information content (AvgIpc) is 2.15. The van der Waals surface area contributed by atoms with Crippen molar-refractivity contribution in [3.05, 3.63) is 23.4 Å². The molecule has 0 saturated carbocycles. The van der Waals surface area contributed by atoms with Gasteiger partial charge in [0.15, 0.2) is 9.84 Å². The molecule has 0 saturated heterocycles. The molecule has 1 N–H and O–H groups in total. The number of carbonyl (C=O) groups is 1. The van der Waals surface area contributed by atoms with Crippen LogP contribution in [0.2, 0.25) is 5.15 Å². The van der Waals surface area contributed by atoms with Gasteiger partial charge in [-0.15, -0.1) is 0 Å². The van der Waals surface area contributed by atoms with Crippen molar-refractivity contribution in [3.8, 4) is 0 Å². The van der Waals surface area contributed by atoms with Crippen molar-refractivity contribution in [2.24, 2.45) is 0 Å². The van der Waals surface area contributed by atoms with Crippen molar-refractivity contribution in [1.82, 2.24) is 4.98 Å². The molecule has 0 atom stereocenters. The van der Waals surface area contributed by atoms with Gasteiger partial charge in [-0.05, 0) is 26.0 Å². The molecule has 0 aliphatic rings. The Labute approximate surface area is 105 Å². The van der Waals surface area contributed by atoms with Gasteiger partial charge in [0.2, 0.25) is 5.91 Å². The van der Waals surface area contributed by atoms with E-state index in [0.717, 1.165) is 6.26 Å². The first kappa shape index (κ1) is 13.9. The van der Waals surface area contributed by atoms with Crippen LogP contribution in [-0.4, -0.2) is 30.3 Å². The number of carbonyl (C=O) groups excluding carboxylic acids is 1. The molecule has 1 amide bonds. The monoisotopic (exact) mass is 276 g/mol. The Balaban J connectivity index is 2.95. The summed E-state index contributed by atoms with van der Waals surface area (Å²) in [4.78, 5) is 15.7. The van der Waals surface area contributed by atoms with Crippen LogP contribution in [0.4, 0.5) is 5.82 Å². The number of sulfone groups is 1. The first-order valence-corrected chi connectivity index (χ1v) is 7.05. The number of amides is 1. The number of aromatic nitrogens is 1. The van der Waals surface area contributed by atoms with Crippen molar-refractivity contribution in [3.63, 3.8) is 0 Å². The van der Waals surface area contributed by atoms with E-state index in [1.807, 2.05) is 0 Å². The molecule has 1 rings (SSSR count). The van der Waals surface area contributed by atoms with E-state index in [2.05, 4.69) is 10.3 Å². The summed E-state index contributed by atoms with van der Waals surface area (Å²) in [5, 5.41) is 2.64. The third-order valence-electron chi connectivity index (χ3n) is 2.43. The van der Waals surface area contributed by atoms with Gasteiger partial charge in [0.25, 0.3) is 0 Å². The number of halogens is 1. The molecule has 0 spiro atoms. The molecule has 1 aromatic rings. The maximum Gasteiger partial charge on any atom is 0.246 e. The van der Waals surface area contributed by atoms with Crippen molar-refractivity contribution >= 4 is 33.2 Å². The zero-order chi connectivity index (χ0) is 13.3. The van der Waals surface area contributed by atoms with Gasteiger partial charge in [0.1, 0.15) is 15.7 Å². The lowest BCUT2D eigenvalue weighted by Crippen LogP contribution is -2.44. The quantitative estimate of drug-likeness (QED) is 0.849. The summed E-state index contributed by atoms with van der Waals surface area (Å²) in [7, 11) is -3.50. The minimum atomic E-state index is -3.50. The van der Waals surface area contributed by atoms with Crippen LogP contribution in [0.25, 0.3) is 0 Å². The highest BCUT2D eigenvalue weighted by Crippen LogP contribution is 2.18. The Morgan fingerprint density at radius 1 is 1.41 bits per heavy atom. The standard InChI is InChI=1S/C10H13ClN2O3S/c1-10(2,17(3,15)16)9(14)13-8-6-4-5-7(11)12-8/h4-6H,1-3H3,(H,12,13,14). The summed E-state index contributed by atoms with van der Waals surface area (Å²) in [6.07, 6.45) is 1.01. The van der Waals surface area contributed by atoms with E-state index in [0.29, 0.717) is 0 Å². The van der Waals surface area contributed by atoms with Crippen molar-refractivity contribution < 1.29 is 13.2 Å². The maximum atomic E-state index is 11.8. The third-order valence-corrected chi connectivity index (χ3v) is 4.68. The molecule has 1 aromatic heterocycles. The smallest absolute Gasteiger partial charge is 0.246 e. The molecule has 0 unspecified atom stereocenters. The summed E-state index contributed by atoms with van der Waals surface area (Å²) in [6, 6.07) is 4.69. The molecule has 0 aliphatic carbocycles. The molecule has 0 bridgehead atoms. The van der Waals surface area contributed by atoms with E-state index in [1.165, 1.54) is 19.9 Å². The number of hydrogen-bond acceptors (Lipinski definition) is 4. The number of pyridine rings is 1. The van der Waals surface area contributed by atoms with Crippen molar-refractivity contribution in [1.29, 1.82) is 0 Å². The van der Waals surface area contributed by atoms with E-state index < -0.39 is 20.5 Å². The number of hydrogen-bond donors (Lipinski definition) is 1. The highest BCUT2D eigenvalue weighted by atomic mass is 35.5. The zero-order valence-electron chi connectivity index (χ0n) is 9.69. The maximum absolute atomic E-state index is 11.8. The van der Waals surface area contributed by atoms with Crippen LogP contribution in [0.3, 0.4) is 0 Å². The molecule has 5 nitrogen and oxygen atoms in total. The summed E-state index contributed by atoms with van der Waals surface area (Å²) in [5.74, 6) is -0.422. The van der Waals surface area contributed by atoms with Gasteiger partial charge in [-0.1, -0.05) is 17.7 Å². The van der Waals surface area contributed by atoms with E-state index in [9.17, 15) is 13.2 Å². The molecule has 1 heterocycles. The second kappa shape index (κ2) is 4.62. The van der Waals surface area contributed by atoms with Gasteiger partial charge in [-0.25, -0.2) is 13.4 Å². The number of nitrogens with one attached hydrogen (secondary N) is 1. The lowest BCUT2D eigenvalue weighted by molar-refractivity contribution is -0.117. The average molecular weight is 277 g/mol. The van der Waals surface area contributed by atoms with E-state index in [1.54, 1.807) is 12.1 Å². The number of rotatable bonds is 3. The number of nitrogens with zero attached hydrogens (tertiary/aromatic N) is 1. The summed E-state index contributed by atoms with van der Waals surface area (Å²) in [5.41, 5.74) is 0. The van der Waals surface area contributed by atoms with Crippen LogP contribution in [-0.2, 0) is 14.6 Å². The molecule has 0 radical (unpaired) electrons. The first-order chi connectivity index (χ1) is 7.64.